The van der Waals surface area contributed by atoms with E-state index in [0.29, 0.717) is 49.3 Å². The number of aromatic nitrogens is 2. The highest BCUT2D eigenvalue weighted by Gasteiger charge is 2.56. The number of imidazole rings is 1. The zero-order chi connectivity index (χ0) is 31.9. The maximum atomic E-state index is 14.3. The molecule has 7 rings (SSSR count). The highest BCUT2D eigenvalue weighted by molar-refractivity contribution is 7.52. The number of ketones is 1. The summed E-state index contributed by atoms with van der Waals surface area (Å²) in [4.78, 5) is 79.2. The molecular weight excluding hydrogens is 631 g/mol. The molecule has 0 bridgehead atoms. The fourth-order valence-corrected chi connectivity index (χ4v) is 8.72. The van der Waals surface area contributed by atoms with Crippen molar-refractivity contribution in [1.29, 1.82) is 0 Å². The van der Waals surface area contributed by atoms with Crippen molar-refractivity contribution in [2.75, 3.05) is 13.1 Å². The van der Waals surface area contributed by atoms with Crippen molar-refractivity contribution in [3.8, 4) is 0 Å². The molecule has 0 unspecified atom stereocenters. The van der Waals surface area contributed by atoms with Crippen LogP contribution < -0.4 is 5.32 Å². The maximum Gasteiger partial charge on any atom is 0.399 e. The molecule has 6 heterocycles. The summed E-state index contributed by atoms with van der Waals surface area (Å²) in [5, 5.41) is 3.01. The van der Waals surface area contributed by atoms with Crippen LogP contribution in [0, 0.1) is 0 Å². The van der Waals surface area contributed by atoms with Gasteiger partial charge in [0, 0.05) is 48.2 Å². The molecule has 3 aromatic rings. The Balaban J connectivity index is 1.07. The van der Waals surface area contributed by atoms with Crippen LogP contribution in [0.15, 0.2) is 36.7 Å². The van der Waals surface area contributed by atoms with Gasteiger partial charge in [-0.15, -0.1) is 11.3 Å². The van der Waals surface area contributed by atoms with Gasteiger partial charge >= 0.3 is 13.3 Å². The van der Waals surface area contributed by atoms with Gasteiger partial charge < -0.3 is 29.5 Å². The Morgan fingerprint density at radius 3 is 2.60 bits per heavy atom. The largest absolute Gasteiger partial charge is 0.399 e. The molecule has 4 aliphatic rings. The fraction of sp³-hybridized carbons (Fsp3) is 0.483. The van der Waals surface area contributed by atoms with E-state index in [1.54, 1.807) is 22.2 Å². The minimum absolute atomic E-state index is 0.0521. The first kappa shape index (κ1) is 30.2. The second kappa shape index (κ2) is 10.5. The molecular formula is C29H30F2N5O7PS. The predicted molar refractivity (Wildman–Crippen MR) is 157 cm³/mol. The SMILES string of the molecule is O=C(N[C@H]1CCCC[C@H]2CC[C@@H](C(=O)N3CC4(CC(=O)c5nccn54)C3)N2C1=O)c1cc2cc(C(F)(F)P(=O)(O)O)ccc2s1. The minimum Gasteiger partial charge on any atom is -0.340 e. The third kappa shape index (κ3) is 4.82. The lowest BCUT2D eigenvalue weighted by Crippen LogP contribution is -2.66. The molecule has 3 N–H and O–H groups in total. The lowest BCUT2D eigenvalue weighted by molar-refractivity contribution is -0.153. The average molecular weight is 662 g/mol. The molecule has 3 fully saturated rings. The lowest BCUT2D eigenvalue weighted by atomic mass is 9.86. The second-order valence-electron chi connectivity index (χ2n) is 12.4. The first-order valence-electron chi connectivity index (χ1n) is 14.8. The molecule has 45 heavy (non-hydrogen) atoms. The van der Waals surface area contributed by atoms with Crippen LogP contribution in [0.5, 0.6) is 0 Å². The number of hydrogen-bond donors (Lipinski definition) is 3. The van der Waals surface area contributed by atoms with Crippen LogP contribution in [0.25, 0.3) is 10.1 Å². The second-order valence-corrected chi connectivity index (χ2v) is 15.1. The molecule has 16 heteroatoms. The van der Waals surface area contributed by atoms with E-state index >= 15 is 0 Å². The summed E-state index contributed by atoms with van der Waals surface area (Å²) >= 11 is 1.01. The molecule has 0 aliphatic carbocycles. The summed E-state index contributed by atoms with van der Waals surface area (Å²) < 4.78 is 42.2. The number of likely N-dealkylation sites (tertiary alicyclic amines) is 1. The fourth-order valence-electron chi connectivity index (χ4n) is 7.30. The van der Waals surface area contributed by atoms with Gasteiger partial charge in [0.1, 0.15) is 12.1 Å². The third-order valence-electron chi connectivity index (χ3n) is 9.55. The summed E-state index contributed by atoms with van der Waals surface area (Å²) in [5.74, 6) is -0.737. The monoisotopic (exact) mass is 661 g/mol. The topological polar surface area (TPSA) is 162 Å². The predicted octanol–water partition coefficient (Wildman–Crippen LogP) is 3.18. The van der Waals surface area contributed by atoms with Crippen molar-refractivity contribution in [2.24, 2.45) is 0 Å². The highest BCUT2D eigenvalue weighted by Crippen LogP contribution is 2.59. The first-order chi connectivity index (χ1) is 21.3. The molecule has 238 valence electrons. The molecule has 1 spiro atoms. The van der Waals surface area contributed by atoms with Gasteiger partial charge in [-0.05, 0) is 49.3 Å². The number of benzene rings is 1. The molecule has 3 amide bonds. The Morgan fingerprint density at radius 2 is 1.84 bits per heavy atom. The minimum atomic E-state index is -5.76. The number of rotatable bonds is 5. The number of alkyl halides is 2. The molecule has 2 aromatic heterocycles. The van der Waals surface area contributed by atoms with Gasteiger partial charge in [0.05, 0.1) is 10.4 Å². The summed E-state index contributed by atoms with van der Waals surface area (Å²) in [5.41, 5.74) is -5.74. The van der Waals surface area contributed by atoms with E-state index in [-0.39, 0.29) is 40.3 Å². The van der Waals surface area contributed by atoms with Crippen LogP contribution >= 0.6 is 18.9 Å². The van der Waals surface area contributed by atoms with Crippen LogP contribution in [-0.4, -0.2) is 83.9 Å². The Bertz CT molecular complexity index is 1800. The number of carbonyl (C=O) groups excluding carboxylic acids is 4. The van der Waals surface area contributed by atoms with Gasteiger partial charge in [-0.2, -0.15) is 8.78 Å². The summed E-state index contributed by atoms with van der Waals surface area (Å²) in [6.45, 7) is 0.718. The number of hydrogen-bond acceptors (Lipinski definition) is 7. The molecule has 0 saturated carbocycles. The van der Waals surface area contributed by atoms with Gasteiger partial charge in [-0.1, -0.05) is 18.9 Å². The Labute approximate surface area is 259 Å². The van der Waals surface area contributed by atoms with Crippen molar-refractivity contribution >= 4 is 52.5 Å². The number of carbonyl (C=O) groups is 4. The molecule has 12 nitrogen and oxygen atoms in total. The van der Waals surface area contributed by atoms with E-state index < -0.39 is 42.4 Å². The quantitative estimate of drug-likeness (QED) is 0.352. The number of halogens is 2. The van der Waals surface area contributed by atoms with E-state index in [2.05, 4.69) is 10.3 Å². The number of amides is 3. The van der Waals surface area contributed by atoms with Crippen molar-refractivity contribution in [1.82, 2.24) is 24.7 Å². The van der Waals surface area contributed by atoms with E-state index in [4.69, 9.17) is 9.79 Å². The van der Waals surface area contributed by atoms with E-state index in [0.717, 1.165) is 36.3 Å². The molecule has 3 atom stereocenters. The van der Waals surface area contributed by atoms with Gasteiger partial charge in [0.15, 0.2) is 5.82 Å². The summed E-state index contributed by atoms with van der Waals surface area (Å²) in [6.07, 6.45) is 7.44. The van der Waals surface area contributed by atoms with Crippen molar-refractivity contribution in [2.45, 2.75) is 74.3 Å². The third-order valence-corrected chi connectivity index (χ3v) is 11.7. The Hall–Kier alpha value is -3.52. The van der Waals surface area contributed by atoms with Crippen LogP contribution in [0.3, 0.4) is 0 Å². The van der Waals surface area contributed by atoms with Gasteiger partial charge in [0.2, 0.25) is 17.6 Å². The van der Waals surface area contributed by atoms with Crippen molar-refractivity contribution < 1.29 is 42.3 Å². The highest BCUT2D eigenvalue weighted by atomic mass is 32.1. The number of nitrogens with zero attached hydrogens (tertiary/aromatic N) is 4. The van der Waals surface area contributed by atoms with Crippen molar-refractivity contribution in [3.05, 3.63) is 52.9 Å². The Kier molecular flexibility index (Phi) is 7.04. The number of Topliss-reactive ketones (excluding diaryl/α,β-unsaturated/α-hetero) is 1. The average Bonchev–Trinajstić information content (AvgIpc) is 3.75. The van der Waals surface area contributed by atoms with Crippen molar-refractivity contribution in [3.63, 3.8) is 0 Å². The van der Waals surface area contributed by atoms with Crippen LogP contribution in [0.1, 0.15) is 70.8 Å². The molecule has 0 radical (unpaired) electrons. The van der Waals surface area contributed by atoms with Gasteiger partial charge in [0.25, 0.3) is 5.91 Å². The number of nitrogens with one attached hydrogen (secondary N) is 1. The van der Waals surface area contributed by atoms with E-state index in [9.17, 15) is 32.5 Å². The maximum absolute atomic E-state index is 14.3. The van der Waals surface area contributed by atoms with Crippen LogP contribution in [-0.2, 0) is 25.4 Å². The zero-order valence-corrected chi connectivity index (χ0v) is 25.6. The van der Waals surface area contributed by atoms with Gasteiger partial charge in [-0.3, -0.25) is 23.7 Å². The summed E-state index contributed by atoms with van der Waals surface area (Å²) in [7, 11) is -5.76. The smallest absolute Gasteiger partial charge is 0.340 e. The normalized spacial score (nSPS) is 24.8. The van der Waals surface area contributed by atoms with Crippen LogP contribution in [0.4, 0.5) is 8.78 Å². The molecule has 3 saturated heterocycles. The standard InChI is InChI=1S/C29H30F2N5O7PS/c30-29(31,44(41,42)43)17-5-8-22-16(11-17)12-23(45-22)25(38)33-19-4-2-1-3-18-6-7-20(36(18)26(19)39)27(40)34-14-28(15-34)13-21(37)24-32-9-10-35(24)28/h5,8-12,18-20H,1-4,6-7,13-15H2,(H,33,38)(H2,41,42,43)/t18-,19-,20-/m0/s1. The van der Waals surface area contributed by atoms with Crippen LogP contribution in [0.2, 0.25) is 0 Å². The van der Waals surface area contributed by atoms with E-state index in [1.807, 2.05) is 4.57 Å². The molecule has 1 aromatic carbocycles. The Morgan fingerprint density at radius 1 is 1.09 bits per heavy atom. The first-order valence-corrected chi connectivity index (χ1v) is 17.2. The number of fused-ring (bicyclic) bond motifs is 4. The molecule has 4 aliphatic heterocycles. The zero-order valence-electron chi connectivity index (χ0n) is 23.9. The summed E-state index contributed by atoms with van der Waals surface area (Å²) in [6, 6.07) is 2.80. The lowest BCUT2D eigenvalue weighted by Gasteiger charge is -2.50. The number of thiophene rings is 1. The van der Waals surface area contributed by atoms with Gasteiger partial charge in [-0.25, -0.2) is 4.98 Å². The van der Waals surface area contributed by atoms with E-state index in [1.165, 1.54) is 12.1 Å².